The number of anilines is 1. The summed E-state index contributed by atoms with van der Waals surface area (Å²) in [6.07, 6.45) is -2.41. The first kappa shape index (κ1) is 17.1. The highest BCUT2D eigenvalue weighted by molar-refractivity contribution is 6.00. The molecule has 1 aromatic rings. The van der Waals surface area contributed by atoms with Crippen molar-refractivity contribution in [2.75, 3.05) is 4.90 Å². The summed E-state index contributed by atoms with van der Waals surface area (Å²) in [5.41, 5.74) is -0.0650. The van der Waals surface area contributed by atoms with Crippen molar-refractivity contribution in [3.63, 3.8) is 0 Å². The van der Waals surface area contributed by atoms with Crippen LogP contribution in [0.5, 0.6) is 0 Å². The molecule has 4 atom stereocenters. The fraction of sp³-hybridized carbons (Fsp3) is 0.688. The molecule has 1 saturated heterocycles. The molecular formula is C16H23N3O5. The molecule has 3 heterocycles. The maximum atomic E-state index is 12.4. The Hall–Kier alpha value is -1.77. The third kappa shape index (κ3) is 2.97. The molecule has 0 bridgehead atoms. The molecule has 1 aromatic heterocycles. The topological polar surface area (TPSA) is 116 Å². The summed E-state index contributed by atoms with van der Waals surface area (Å²) >= 11 is 0. The van der Waals surface area contributed by atoms with Crippen molar-refractivity contribution in [2.24, 2.45) is 5.92 Å². The van der Waals surface area contributed by atoms with Crippen LogP contribution in [0.2, 0.25) is 0 Å². The van der Waals surface area contributed by atoms with Crippen molar-refractivity contribution in [3.8, 4) is 0 Å². The first-order valence-electron chi connectivity index (χ1n) is 8.21. The van der Waals surface area contributed by atoms with E-state index in [0.29, 0.717) is 12.2 Å². The number of hydrogen-bond acceptors (Lipinski definition) is 6. The summed E-state index contributed by atoms with van der Waals surface area (Å²) in [5.74, 6) is 0.583. The van der Waals surface area contributed by atoms with Gasteiger partial charge in [-0.25, -0.2) is 4.98 Å². The third-order valence-electron chi connectivity index (χ3n) is 4.45. The van der Waals surface area contributed by atoms with Crippen LogP contribution in [0.3, 0.4) is 0 Å². The van der Waals surface area contributed by atoms with E-state index in [1.807, 2.05) is 13.8 Å². The predicted octanol–water partition coefficient (Wildman–Crippen LogP) is -0.150. The molecule has 0 aromatic carbocycles. The van der Waals surface area contributed by atoms with Crippen LogP contribution in [0.1, 0.15) is 38.1 Å². The second-order valence-electron chi connectivity index (χ2n) is 6.96. The number of nitrogens with one attached hydrogen (secondary N) is 1. The summed E-state index contributed by atoms with van der Waals surface area (Å²) < 4.78 is 5.78. The molecule has 3 N–H and O–H groups in total. The van der Waals surface area contributed by atoms with E-state index in [1.165, 1.54) is 4.90 Å². The summed E-state index contributed by atoms with van der Waals surface area (Å²) in [6.45, 7) is 5.61. The number of aliphatic hydroxyl groups is 2. The van der Waals surface area contributed by atoms with Crippen molar-refractivity contribution in [3.05, 3.63) is 21.7 Å². The second-order valence-corrected chi connectivity index (χ2v) is 6.96. The van der Waals surface area contributed by atoms with Gasteiger partial charge in [-0.3, -0.25) is 14.5 Å². The highest BCUT2D eigenvalue weighted by Gasteiger charge is 2.46. The smallest absolute Gasteiger partial charge is 0.256 e. The standard InChI is InChI=1S/C16H23N3O5/c1-7(2)4-10(20)12-6-11(21)16(24-12)19-13(22)5-9-14(19)17-8(3)18-15(9)23/h7,10-12,16,20-21H,4-6H2,1-3H3,(H,17,18,23). The first-order chi connectivity index (χ1) is 11.3. The zero-order chi connectivity index (χ0) is 17.6. The van der Waals surface area contributed by atoms with Crippen molar-refractivity contribution >= 4 is 11.7 Å². The third-order valence-corrected chi connectivity index (χ3v) is 4.45. The number of amides is 1. The number of H-pyrrole nitrogens is 1. The number of carbonyl (C=O) groups excluding carboxylic acids is 1. The number of aromatic nitrogens is 2. The van der Waals surface area contributed by atoms with Gasteiger partial charge in [-0.15, -0.1) is 0 Å². The van der Waals surface area contributed by atoms with E-state index in [2.05, 4.69) is 9.97 Å². The Morgan fingerprint density at radius 1 is 1.42 bits per heavy atom. The molecular weight excluding hydrogens is 314 g/mol. The molecule has 2 aliphatic heterocycles. The van der Waals surface area contributed by atoms with Crippen LogP contribution < -0.4 is 10.5 Å². The molecule has 24 heavy (non-hydrogen) atoms. The predicted molar refractivity (Wildman–Crippen MR) is 85.5 cm³/mol. The molecule has 0 radical (unpaired) electrons. The number of aromatic amines is 1. The Labute approximate surface area is 139 Å². The summed E-state index contributed by atoms with van der Waals surface area (Å²) in [6, 6.07) is 0. The van der Waals surface area contributed by atoms with Gasteiger partial charge in [0.2, 0.25) is 5.91 Å². The maximum absolute atomic E-state index is 12.4. The normalized spacial score (nSPS) is 27.8. The molecule has 2 aliphatic rings. The van der Waals surface area contributed by atoms with Gasteiger partial charge in [0.05, 0.1) is 24.2 Å². The summed E-state index contributed by atoms with van der Waals surface area (Å²) in [7, 11) is 0. The fourth-order valence-corrected chi connectivity index (χ4v) is 3.37. The van der Waals surface area contributed by atoms with Gasteiger partial charge in [0.1, 0.15) is 17.7 Å². The van der Waals surface area contributed by atoms with Gasteiger partial charge in [0, 0.05) is 6.42 Å². The van der Waals surface area contributed by atoms with Gasteiger partial charge in [0.25, 0.3) is 5.56 Å². The Morgan fingerprint density at radius 3 is 2.79 bits per heavy atom. The number of nitrogens with zero attached hydrogens (tertiary/aromatic N) is 2. The average molecular weight is 337 g/mol. The van der Waals surface area contributed by atoms with E-state index in [0.717, 1.165) is 0 Å². The number of carbonyl (C=O) groups is 1. The Balaban J connectivity index is 1.85. The molecule has 8 heteroatoms. The first-order valence-corrected chi connectivity index (χ1v) is 8.21. The number of rotatable bonds is 4. The van der Waals surface area contributed by atoms with Gasteiger partial charge >= 0.3 is 0 Å². The van der Waals surface area contributed by atoms with E-state index in [1.54, 1.807) is 6.92 Å². The van der Waals surface area contributed by atoms with Crippen molar-refractivity contribution in [1.29, 1.82) is 0 Å². The quantitative estimate of drug-likeness (QED) is 0.704. The summed E-state index contributed by atoms with van der Waals surface area (Å²) in [5, 5.41) is 20.6. The number of aryl methyl sites for hydroxylation is 1. The van der Waals surface area contributed by atoms with Gasteiger partial charge in [0.15, 0.2) is 6.23 Å². The van der Waals surface area contributed by atoms with Crippen LogP contribution in [-0.4, -0.2) is 50.6 Å². The highest BCUT2D eigenvalue weighted by Crippen LogP contribution is 2.34. The molecule has 0 aliphatic carbocycles. The SMILES string of the molecule is Cc1nc2c(c(=O)[nH]1)CC(=O)N2C1OC(C(O)CC(C)C)CC1O. The molecule has 1 fully saturated rings. The minimum atomic E-state index is -0.937. The van der Waals surface area contributed by atoms with Gasteiger partial charge in [-0.05, 0) is 19.3 Å². The second kappa shape index (κ2) is 6.27. The molecule has 0 saturated carbocycles. The van der Waals surface area contributed by atoms with Crippen LogP contribution in [0.25, 0.3) is 0 Å². The van der Waals surface area contributed by atoms with Crippen LogP contribution in [0.4, 0.5) is 5.82 Å². The van der Waals surface area contributed by atoms with Crippen LogP contribution in [0.15, 0.2) is 4.79 Å². The molecule has 0 spiro atoms. The van der Waals surface area contributed by atoms with E-state index in [4.69, 9.17) is 4.74 Å². The lowest BCUT2D eigenvalue weighted by molar-refractivity contribution is -0.122. The number of fused-ring (bicyclic) bond motifs is 1. The minimum Gasteiger partial charge on any atom is -0.390 e. The lowest BCUT2D eigenvalue weighted by Gasteiger charge is -2.27. The molecule has 3 rings (SSSR count). The largest absolute Gasteiger partial charge is 0.390 e. The monoisotopic (exact) mass is 337 g/mol. The zero-order valence-corrected chi connectivity index (χ0v) is 14.0. The van der Waals surface area contributed by atoms with E-state index in [9.17, 15) is 19.8 Å². The minimum absolute atomic E-state index is 0.0657. The van der Waals surface area contributed by atoms with Crippen molar-refractivity contribution < 1.29 is 19.7 Å². The van der Waals surface area contributed by atoms with Crippen LogP contribution in [0, 0.1) is 12.8 Å². The maximum Gasteiger partial charge on any atom is 0.256 e. The van der Waals surface area contributed by atoms with Gasteiger partial charge in [-0.2, -0.15) is 0 Å². The van der Waals surface area contributed by atoms with Crippen molar-refractivity contribution in [2.45, 2.75) is 64.6 Å². The lowest BCUT2D eigenvalue weighted by Crippen LogP contribution is -2.44. The summed E-state index contributed by atoms with van der Waals surface area (Å²) in [4.78, 5) is 32.4. The highest BCUT2D eigenvalue weighted by atomic mass is 16.5. The molecule has 1 amide bonds. The van der Waals surface area contributed by atoms with E-state index in [-0.39, 0.29) is 41.6 Å². The Bertz CT molecular complexity index is 701. The van der Waals surface area contributed by atoms with E-state index < -0.39 is 24.5 Å². The Kier molecular flexibility index (Phi) is 4.46. The molecule has 132 valence electrons. The fourth-order valence-electron chi connectivity index (χ4n) is 3.37. The van der Waals surface area contributed by atoms with Crippen LogP contribution in [-0.2, 0) is 16.0 Å². The number of aliphatic hydroxyl groups excluding tert-OH is 2. The van der Waals surface area contributed by atoms with Crippen LogP contribution >= 0.6 is 0 Å². The Morgan fingerprint density at radius 2 is 2.12 bits per heavy atom. The number of ether oxygens (including phenoxy) is 1. The lowest BCUT2D eigenvalue weighted by atomic mass is 9.99. The zero-order valence-electron chi connectivity index (χ0n) is 14.0. The molecule has 4 unspecified atom stereocenters. The molecule has 8 nitrogen and oxygen atoms in total. The van der Waals surface area contributed by atoms with Gasteiger partial charge in [-0.1, -0.05) is 13.8 Å². The average Bonchev–Trinajstić information content (AvgIpc) is 2.98. The van der Waals surface area contributed by atoms with Gasteiger partial charge < -0.3 is 19.9 Å². The van der Waals surface area contributed by atoms with Crippen molar-refractivity contribution in [1.82, 2.24) is 9.97 Å². The van der Waals surface area contributed by atoms with E-state index >= 15 is 0 Å². The number of hydrogen-bond donors (Lipinski definition) is 3.